The molecule has 1 aromatic carbocycles. The molecule has 0 saturated heterocycles. The van der Waals surface area contributed by atoms with E-state index in [9.17, 15) is 9.90 Å². The van der Waals surface area contributed by atoms with E-state index in [0.717, 1.165) is 61.7 Å². The lowest BCUT2D eigenvalue weighted by Gasteiger charge is -2.53. The van der Waals surface area contributed by atoms with Crippen molar-refractivity contribution in [2.24, 2.45) is 11.3 Å². The average molecular weight is 480 g/mol. The molecule has 0 unspecified atom stereocenters. The molecule has 0 spiro atoms. The molecule has 35 heavy (non-hydrogen) atoms. The Morgan fingerprint density at radius 3 is 2.51 bits per heavy atom. The minimum Gasteiger partial charge on any atom is -0.494 e. The van der Waals surface area contributed by atoms with E-state index in [1.54, 1.807) is 0 Å². The summed E-state index contributed by atoms with van der Waals surface area (Å²) < 4.78 is 11.5. The molecule has 188 valence electrons. The van der Waals surface area contributed by atoms with Crippen LogP contribution in [0.15, 0.2) is 28.8 Å². The third kappa shape index (κ3) is 4.26. The van der Waals surface area contributed by atoms with Crippen LogP contribution in [0.2, 0.25) is 0 Å². The van der Waals surface area contributed by atoms with Crippen LogP contribution >= 0.6 is 0 Å². The SMILES string of the molecule is CCOc1cccc(N(CC23CCC(c4nc(C5CC5)no4)(CC2)CC3)C(=O)C2CC(C)(O)C2)c1. The number of hydrogen-bond acceptors (Lipinski definition) is 6. The van der Waals surface area contributed by atoms with Crippen molar-refractivity contribution in [2.75, 3.05) is 18.1 Å². The molecular formula is C28H37N3O4. The fourth-order valence-corrected chi connectivity index (χ4v) is 6.72. The average Bonchev–Trinajstić information content (AvgIpc) is 3.58. The number of nitrogens with zero attached hydrogens (tertiary/aromatic N) is 3. The van der Waals surface area contributed by atoms with E-state index >= 15 is 0 Å². The predicted octanol–water partition coefficient (Wildman–Crippen LogP) is 5.13. The summed E-state index contributed by atoms with van der Waals surface area (Å²) in [5.41, 5.74) is 0.286. The summed E-state index contributed by atoms with van der Waals surface area (Å²) in [5.74, 6) is 3.06. The maximum Gasteiger partial charge on any atom is 0.232 e. The van der Waals surface area contributed by atoms with Gasteiger partial charge >= 0.3 is 0 Å². The Bertz CT molecular complexity index is 1070. The number of rotatable bonds is 8. The molecule has 1 amide bonds. The molecule has 2 bridgehead atoms. The first kappa shape index (κ1) is 23.0. The van der Waals surface area contributed by atoms with Crippen molar-refractivity contribution in [3.05, 3.63) is 36.0 Å². The van der Waals surface area contributed by atoms with Crippen LogP contribution in [-0.2, 0) is 10.2 Å². The van der Waals surface area contributed by atoms with Gasteiger partial charge in [0.15, 0.2) is 5.82 Å². The molecule has 0 atom stereocenters. The van der Waals surface area contributed by atoms with Crippen molar-refractivity contribution in [1.29, 1.82) is 0 Å². The number of aromatic nitrogens is 2. The number of ether oxygens (including phenoxy) is 1. The molecular weight excluding hydrogens is 442 g/mol. The molecule has 0 radical (unpaired) electrons. The van der Waals surface area contributed by atoms with Crippen LogP contribution in [0, 0.1) is 11.3 Å². The maximum absolute atomic E-state index is 13.7. The van der Waals surface area contributed by atoms with Gasteiger partial charge in [0.1, 0.15) is 5.75 Å². The number of fused-ring (bicyclic) bond motifs is 3. The van der Waals surface area contributed by atoms with Gasteiger partial charge in [-0.3, -0.25) is 4.79 Å². The molecule has 7 heteroatoms. The summed E-state index contributed by atoms with van der Waals surface area (Å²) in [4.78, 5) is 20.5. The molecule has 5 aliphatic carbocycles. The fraction of sp³-hybridized carbons (Fsp3) is 0.679. The molecule has 1 aromatic heterocycles. The molecule has 0 aliphatic heterocycles. The van der Waals surface area contributed by atoms with Gasteiger partial charge in [-0.05, 0) is 95.6 Å². The third-order valence-electron chi connectivity index (χ3n) is 9.16. The lowest BCUT2D eigenvalue weighted by atomic mass is 9.53. The van der Waals surface area contributed by atoms with E-state index < -0.39 is 5.60 Å². The van der Waals surface area contributed by atoms with Gasteiger partial charge in [-0.1, -0.05) is 11.2 Å². The molecule has 5 saturated carbocycles. The predicted molar refractivity (Wildman–Crippen MR) is 131 cm³/mol. The number of hydrogen-bond donors (Lipinski definition) is 1. The molecule has 2 aromatic rings. The van der Waals surface area contributed by atoms with Gasteiger partial charge in [0.05, 0.1) is 12.2 Å². The number of aliphatic hydroxyl groups is 1. The van der Waals surface area contributed by atoms with E-state index in [0.29, 0.717) is 31.9 Å². The van der Waals surface area contributed by atoms with E-state index in [4.69, 9.17) is 14.2 Å². The third-order valence-corrected chi connectivity index (χ3v) is 9.16. The van der Waals surface area contributed by atoms with Gasteiger partial charge in [-0.15, -0.1) is 0 Å². The smallest absolute Gasteiger partial charge is 0.232 e. The first-order valence-corrected chi connectivity index (χ1v) is 13.4. The molecule has 5 aliphatic rings. The van der Waals surface area contributed by atoms with Crippen molar-refractivity contribution >= 4 is 11.6 Å². The van der Waals surface area contributed by atoms with Gasteiger partial charge in [0.2, 0.25) is 11.8 Å². The maximum atomic E-state index is 13.7. The molecule has 1 heterocycles. The first-order chi connectivity index (χ1) is 16.8. The highest BCUT2D eigenvalue weighted by Crippen LogP contribution is 2.58. The molecule has 7 rings (SSSR count). The second-order valence-corrected chi connectivity index (χ2v) is 12.0. The van der Waals surface area contributed by atoms with Gasteiger partial charge in [-0.25, -0.2) is 0 Å². The second-order valence-electron chi connectivity index (χ2n) is 12.0. The second kappa shape index (κ2) is 8.32. The zero-order chi connectivity index (χ0) is 24.3. The van der Waals surface area contributed by atoms with Gasteiger partial charge in [-0.2, -0.15) is 4.98 Å². The van der Waals surface area contributed by atoms with Crippen LogP contribution in [0.25, 0.3) is 0 Å². The quantitative estimate of drug-likeness (QED) is 0.565. The first-order valence-electron chi connectivity index (χ1n) is 13.4. The minimum atomic E-state index is -0.726. The fourth-order valence-electron chi connectivity index (χ4n) is 6.72. The zero-order valence-corrected chi connectivity index (χ0v) is 21.0. The number of carbonyl (C=O) groups excluding carboxylic acids is 1. The number of carbonyl (C=O) groups is 1. The van der Waals surface area contributed by atoms with E-state index in [1.807, 2.05) is 43.0 Å². The largest absolute Gasteiger partial charge is 0.494 e. The van der Waals surface area contributed by atoms with Crippen LogP contribution in [-0.4, -0.2) is 39.9 Å². The van der Waals surface area contributed by atoms with E-state index in [-0.39, 0.29) is 22.7 Å². The lowest BCUT2D eigenvalue weighted by Crippen LogP contribution is -2.54. The molecule has 7 nitrogen and oxygen atoms in total. The molecule has 1 N–H and O–H groups in total. The van der Waals surface area contributed by atoms with E-state index in [2.05, 4.69) is 5.16 Å². The van der Waals surface area contributed by atoms with Gasteiger partial charge in [0.25, 0.3) is 0 Å². The highest BCUT2D eigenvalue weighted by atomic mass is 16.5. The highest BCUT2D eigenvalue weighted by Gasteiger charge is 2.54. The Hall–Kier alpha value is -2.41. The van der Waals surface area contributed by atoms with Crippen molar-refractivity contribution < 1.29 is 19.2 Å². The number of benzene rings is 1. The standard InChI is InChI=1S/C28H37N3O4/c1-3-34-22-6-4-5-21(15-22)31(24(32)20-16-26(2,33)17-20)18-27-9-12-28(13-10-27,14-11-27)25-29-23(30-35-25)19-7-8-19/h4-6,15,19-20,33H,3,7-14,16-18H2,1-2H3. The van der Waals surface area contributed by atoms with Crippen molar-refractivity contribution in [1.82, 2.24) is 10.1 Å². The summed E-state index contributed by atoms with van der Waals surface area (Å²) in [7, 11) is 0. The van der Waals surface area contributed by atoms with Crippen LogP contribution in [0.4, 0.5) is 5.69 Å². The summed E-state index contributed by atoms with van der Waals surface area (Å²) in [6.07, 6.45) is 9.73. The summed E-state index contributed by atoms with van der Waals surface area (Å²) >= 11 is 0. The Morgan fingerprint density at radius 1 is 1.17 bits per heavy atom. The number of amides is 1. The summed E-state index contributed by atoms with van der Waals surface area (Å²) in [6, 6.07) is 7.91. The monoisotopic (exact) mass is 479 g/mol. The van der Waals surface area contributed by atoms with Gasteiger partial charge < -0.3 is 19.3 Å². The Balaban J connectivity index is 1.22. The topological polar surface area (TPSA) is 88.7 Å². The Morgan fingerprint density at radius 2 is 1.89 bits per heavy atom. The summed E-state index contributed by atoms with van der Waals surface area (Å²) in [6.45, 7) is 5.10. The van der Waals surface area contributed by atoms with Crippen molar-refractivity contribution in [3.63, 3.8) is 0 Å². The Labute approximate surface area is 207 Å². The summed E-state index contributed by atoms with van der Waals surface area (Å²) in [5, 5.41) is 14.6. The normalized spacial score (nSPS) is 33.9. The highest BCUT2D eigenvalue weighted by molar-refractivity contribution is 5.96. The van der Waals surface area contributed by atoms with Crippen molar-refractivity contribution in [3.8, 4) is 5.75 Å². The van der Waals surface area contributed by atoms with Crippen LogP contribution in [0.3, 0.4) is 0 Å². The molecule has 5 fully saturated rings. The van der Waals surface area contributed by atoms with Crippen LogP contribution < -0.4 is 9.64 Å². The Kier molecular flexibility index (Phi) is 5.47. The lowest BCUT2D eigenvalue weighted by molar-refractivity contribution is -0.137. The zero-order valence-electron chi connectivity index (χ0n) is 21.0. The van der Waals surface area contributed by atoms with E-state index in [1.165, 1.54) is 12.8 Å². The number of anilines is 1. The van der Waals surface area contributed by atoms with Crippen LogP contribution in [0.1, 0.15) is 95.7 Å². The minimum absolute atomic E-state index is 0.0122. The van der Waals surface area contributed by atoms with Crippen LogP contribution in [0.5, 0.6) is 5.75 Å². The van der Waals surface area contributed by atoms with Gasteiger partial charge in [0, 0.05) is 35.5 Å². The van der Waals surface area contributed by atoms with Crippen molar-refractivity contribution in [2.45, 2.75) is 95.0 Å².